The van der Waals surface area contributed by atoms with E-state index in [9.17, 15) is 19.2 Å². The second-order valence-corrected chi connectivity index (χ2v) is 10.6. The number of rotatable bonds is 2. The molecule has 0 amide bonds. The Morgan fingerprint density at radius 1 is 0.786 bits per heavy atom. The largest absolute Gasteiger partial charge is 0.469 e. The van der Waals surface area contributed by atoms with Gasteiger partial charge in [-0.3, -0.25) is 19.2 Å². The highest BCUT2D eigenvalue weighted by molar-refractivity contribution is 6.02. The number of carbonyl (C=O) groups excluding carboxylic acids is 4. The molecule has 8 aliphatic rings. The summed E-state index contributed by atoms with van der Waals surface area (Å²) in [6.45, 7) is 0. The maximum Gasteiger partial charge on any atom is 0.313 e. The number of hydrogen-bond donors (Lipinski definition) is 0. The molecule has 8 bridgehead atoms. The lowest BCUT2D eigenvalue weighted by molar-refractivity contribution is -0.221. The van der Waals surface area contributed by atoms with Crippen molar-refractivity contribution in [1.82, 2.24) is 0 Å². The van der Waals surface area contributed by atoms with Gasteiger partial charge in [0.25, 0.3) is 0 Å². The van der Waals surface area contributed by atoms with Crippen LogP contribution >= 0.6 is 0 Å². The first kappa shape index (κ1) is 16.1. The van der Waals surface area contributed by atoms with Gasteiger partial charge in [-0.15, -0.1) is 0 Å². The van der Waals surface area contributed by atoms with Gasteiger partial charge in [-0.1, -0.05) is 0 Å². The molecule has 10 atom stereocenters. The van der Waals surface area contributed by atoms with Crippen molar-refractivity contribution < 1.29 is 28.7 Å². The molecule has 0 unspecified atom stereocenters. The van der Waals surface area contributed by atoms with Crippen LogP contribution in [0.3, 0.4) is 0 Å². The van der Waals surface area contributed by atoms with Crippen LogP contribution < -0.4 is 0 Å². The maximum absolute atomic E-state index is 13.5. The standard InChI is InChI=1S/C22H24O6/c1-27-17(25)21-9-7-20(6-4-12(20)24)16-13(9)14-10(22(16,21)18(26)28-2)8-19(15(14)21)5-3-11(19)23/h9-10,13-16H,3-8H2,1-2H3/t9-,10+,13+,14-,15-,16+,19+,20-,21-,22-/m1/s1. The Bertz CT molecular complexity index is 850. The van der Waals surface area contributed by atoms with Gasteiger partial charge in [0.15, 0.2) is 0 Å². The lowest BCUT2D eigenvalue weighted by Crippen LogP contribution is -2.70. The summed E-state index contributed by atoms with van der Waals surface area (Å²) >= 11 is 0. The van der Waals surface area contributed by atoms with Crippen molar-refractivity contribution in [2.45, 2.75) is 38.5 Å². The molecule has 148 valence electrons. The van der Waals surface area contributed by atoms with Crippen LogP contribution in [0, 0.1) is 57.2 Å². The zero-order chi connectivity index (χ0) is 19.4. The Kier molecular flexibility index (Phi) is 2.36. The molecule has 6 heteroatoms. The molecule has 2 spiro atoms. The third-order valence-electron chi connectivity index (χ3n) is 11.1. The van der Waals surface area contributed by atoms with Crippen molar-refractivity contribution in [3.63, 3.8) is 0 Å². The Balaban J connectivity index is 1.53. The molecule has 0 N–H and O–H groups in total. The zero-order valence-corrected chi connectivity index (χ0v) is 16.2. The Morgan fingerprint density at radius 3 is 1.43 bits per heavy atom. The number of hydrogen-bond acceptors (Lipinski definition) is 6. The summed E-state index contributed by atoms with van der Waals surface area (Å²) in [6, 6.07) is 0. The number of ketones is 2. The molecule has 8 fully saturated rings. The fourth-order valence-corrected chi connectivity index (χ4v) is 10.9. The Labute approximate surface area is 162 Å². The van der Waals surface area contributed by atoms with Gasteiger partial charge in [0, 0.05) is 23.7 Å². The lowest BCUT2D eigenvalue weighted by atomic mass is 9.37. The van der Waals surface area contributed by atoms with Crippen molar-refractivity contribution in [2.24, 2.45) is 57.2 Å². The van der Waals surface area contributed by atoms with E-state index in [1.165, 1.54) is 14.2 Å². The second-order valence-electron chi connectivity index (χ2n) is 10.6. The number of ether oxygens (including phenoxy) is 2. The van der Waals surface area contributed by atoms with Gasteiger partial charge in [0.2, 0.25) is 0 Å². The molecule has 8 saturated carbocycles. The summed E-state index contributed by atoms with van der Waals surface area (Å²) in [5.74, 6) is 0.00431. The van der Waals surface area contributed by atoms with Crippen LogP contribution in [-0.4, -0.2) is 37.7 Å². The molecule has 0 saturated heterocycles. The van der Waals surface area contributed by atoms with Gasteiger partial charge in [-0.2, -0.15) is 0 Å². The van der Waals surface area contributed by atoms with E-state index in [2.05, 4.69) is 0 Å². The molecule has 0 aromatic rings. The van der Waals surface area contributed by atoms with E-state index < -0.39 is 21.7 Å². The highest BCUT2D eigenvalue weighted by atomic mass is 16.5. The predicted molar refractivity (Wildman–Crippen MR) is 92.4 cm³/mol. The van der Waals surface area contributed by atoms with E-state index in [0.29, 0.717) is 25.7 Å². The molecule has 0 aliphatic heterocycles. The number of esters is 2. The van der Waals surface area contributed by atoms with Crippen molar-refractivity contribution in [1.29, 1.82) is 0 Å². The van der Waals surface area contributed by atoms with Crippen LogP contribution in [0.4, 0.5) is 0 Å². The minimum absolute atomic E-state index is 0.0230. The first-order chi connectivity index (χ1) is 13.4. The summed E-state index contributed by atoms with van der Waals surface area (Å²) in [4.78, 5) is 52.7. The highest BCUT2D eigenvalue weighted by Crippen LogP contribution is 2.99. The summed E-state index contributed by atoms with van der Waals surface area (Å²) in [7, 11) is 2.79. The zero-order valence-electron chi connectivity index (χ0n) is 16.2. The average molecular weight is 384 g/mol. The lowest BCUT2D eigenvalue weighted by Gasteiger charge is -2.63. The maximum atomic E-state index is 13.5. The molecular formula is C22H24O6. The number of Topliss-reactive ketones (excluding diaryl/α,β-unsaturated/α-hetero) is 2. The number of methoxy groups -OCH3 is 2. The third kappa shape index (κ3) is 1.03. The normalized spacial score (nSPS) is 60.6. The van der Waals surface area contributed by atoms with Crippen molar-refractivity contribution in [3.8, 4) is 0 Å². The highest BCUT2D eigenvalue weighted by Gasteiger charge is 3.02. The van der Waals surface area contributed by atoms with Crippen LogP contribution in [0.1, 0.15) is 38.5 Å². The fraction of sp³-hybridized carbons (Fsp3) is 0.818. The van der Waals surface area contributed by atoms with E-state index >= 15 is 0 Å². The molecule has 0 aromatic heterocycles. The van der Waals surface area contributed by atoms with Gasteiger partial charge in [0.1, 0.15) is 11.6 Å². The van der Waals surface area contributed by atoms with Crippen molar-refractivity contribution in [3.05, 3.63) is 0 Å². The molecule has 8 aliphatic carbocycles. The summed E-state index contributed by atoms with van der Waals surface area (Å²) in [6.07, 6.45) is 4.21. The van der Waals surface area contributed by atoms with Crippen molar-refractivity contribution in [2.75, 3.05) is 14.2 Å². The molecule has 8 rings (SSSR count). The second kappa shape index (κ2) is 4.10. The monoisotopic (exact) mass is 384 g/mol. The quantitative estimate of drug-likeness (QED) is 0.672. The molecule has 0 heterocycles. The van der Waals surface area contributed by atoms with Crippen LogP contribution in [-0.2, 0) is 28.7 Å². The minimum Gasteiger partial charge on any atom is -0.469 e. The van der Waals surface area contributed by atoms with Crippen LogP contribution in [0.5, 0.6) is 0 Å². The van der Waals surface area contributed by atoms with Gasteiger partial charge in [0.05, 0.1) is 25.0 Å². The van der Waals surface area contributed by atoms with E-state index in [-0.39, 0.29) is 59.0 Å². The predicted octanol–water partition coefficient (Wildman–Crippen LogP) is 1.55. The average Bonchev–Trinajstić information content (AvgIpc) is 3.48. The first-order valence-electron chi connectivity index (χ1n) is 10.6. The van der Waals surface area contributed by atoms with Gasteiger partial charge in [-0.25, -0.2) is 0 Å². The SMILES string of the molecule is COC(=O)[C@@]12[C@@H]3C[C@@]4(CCC4=O)[C@@H]4[C@@H]3[C@@H]3[C@@H]1[C@@]1(CCC1=O)C[C@@H]3[C@]42C(=O)OC. The topological polar surface area (TPSA) is 86.7 Å². The summed E-state index contributed by atoms with van der Waals surface area (Å²) < 4.78 is 10.8. The third-order valence-corrected chi connectivity index (χ3v) is 11.1. The number of carbonyl (C=O) groups is 4. The van der Waals surface area contributed by atoms with Crippen LogP contribution in [0.2, 0.25) is 0 Å². The van der Waals surface area contributed by atoms with Gasteiger partial charge >= 0.3 is 11.9 Å². The van der Waals surface area contributed by atoms with E-state index in [0.717, 1.165) is 12.8 Å². The van der Waals surface area contributed by atoms with Crippen LogP contribution in [0.15, 0.2) is 0 Å². The Morgan fingerprint density at radius 2 is 1.18 bits per heavy atom. The summed E-state index contributed by atoms with van der Waals surface area (Å²) in [5.41, 5.74) is -2.80. The Hall–Kier alpha value is -1.72. The minimum atomic E-state index is -0.963. The molecule has 0 radical (unpaired) electrons. The molecular weight excluding hydrogens is 360 g/mol. The van der Waals surface area contributed by atoms with E-state index in [1.54, 1.807) is 0 Å². The molecule has 0 aromatic carbocycles. The fourth-order valence-electron chi connectivity index (χ4n) is 10.9. The van der Waals surface area contributed by atoms with Gasteiger partial charge < -0.3 is 9.47 Å². The smallest absolute Gasteiger partial charge is 0.313 e. The van der Waals surface area contributed by atoms with Gasteiger partial charge in [-0.05, 0) is 61.2 Å². The first-order valence-corrected chi connectivity index (χ1v) is 10.6. The van der Waals surface area contributed by atoms with E-state index in [4.69, 9.17) is 9.47 Å². The molecule has 6 nitrogen and oxygen atoms in total. The summed E-state index contributed by atoms with van der Waals surface area (Å²) in [5, 5.41) is 0. The molecule has 28 heavy (non-hydrogen) atoms. The van der Waals surface area contributed by atoms with Crippen molar-refractivity contribution >= 4 is 23.5 Å². The van der Waals surface area contributed by atoms with Crippen LogP contribution in [0.25, 0.3) is 0 Å². The van der Waals surface area contributed by atoms with E-state index in [1.807, 2.05) is 0 Å².